The summed E-state index contributed by atoms with van der Waals surface area (Å²) in [6.07, 6.45) is -0.607. The highest BCUT2D eigenvalue weighted by atomic mass is 16.6. The highest BCUT2D eigenvalue weighted by Gasteiger charge is 2.43. The molecule has 0 saturated carbocycles. The molecule has 2 saturated heterocycles. The van der Waals surface area contributed by atoms with E-state index in [9.17, 15) is 9.90 Å². The standard InChI is InChI=1S/C18H26B2O6/c1-2-11-15(21)16(17(20)25-11)23-9-13-12(8-14(19)24-13)26-18(22)10-6-4-3-5-7-10/h3-7,11-17,21H,2,8-9,19-20H2,1H3/t11-,12?,13-,14-,15?,16+,17-/m1/s1. The molecule has 26 heavy (non-hydrogen) atoms. The van der Waals surface area contributed by atoms with Crippen molar-refractivity contribution in [1.29, 1.82) is 0 Å². The summed E-state index contributed by atoms with van der Waals surface area (Å²) in [7, 11) is 3.85. The van der Waals surface area contributed by atoms with Crippen LogP contribution in [0.1, 0.15) is 30.1 Å². The van der Waals surface area contributed by atoms with Gasteiger partial charge in [-0.15, -0.1) is 0 Å². The van der Waals surface area contributed by atoms with Crippen LogP contribution >= 0.6 is 0 Å². The third kappa shape index (κ3) is 4.31. The number of rotatable bonds is 6. The van der Waals surface area contributed by atoms with Gasteiger partial charge in [-0.3, -0.25) is 0 Å². The first-order valence-electron chi connectivity index (χ1n) is 9.36. The van der Waals surface area contributed by atoms with Gasteiger partial charge in [0, 0.05) is 12.4 Å². The lowest BCUT2D eigenvalue weighted by atomic mass is 9.92. The Balaban J connectivity index is 1.57. The summed E-state index contributed by atoms with van der Waals surface area (Å²) in [6.45, 7) is 2.23. The molecular weight excluding hydrogens is 334 g/mol. The molecule has 1 aromatic rings. The number of carbonyl (C=O) groups excluding carboxylic acids is 1. The largest absolute Gasteiger partial charge is 0.456 e. The van der Waals surface area contributed by atoms with Gasteiger partial charge in [-0.25, -0.2) is 4.79 Å². The van der Waals surface area contributed by atoms with Gasteiger partial charge in [0.05, 0.1) is 24.3 Å². The molecule has 2 fully saturated rings. The van der Waals surface area contributed by atoms with Gasteiger partial charge in [0.2, 0.25) is 0 Å². The Labute approximate surface area is 156 Å². The van der Waals surface area contributed by atoms with Gasteiger partial charge in [-0.05, 0) is 18.6 Å². The SMILES string of the molecule is B[C@@H]1O[C@H](CC)C(O)[C@@H]1OC[C@H]1O[C@@H](B)CC1OC(=O)c1ccccc1. The molecule has 2 aliphatic rings. The molecular formula is C18H26B2O6. The Morgan fingerprint density at radius 3 is 2.62 bits per heavy atom. The molecule has 7 atom stereocenters. The highest BCUT2D eigenvalue weighted by molar-refractivity contribution is 6.11. The van der Waals surface area contributed by atoms with E-state index in [-0.39, 0.29) is 42.9 Å². The van der Waals surface area contributed by atoms with Crippen molar-refractivity contribution in [2.24, 2.45) is 0 Å². The van der Waals surface area contributed by atoms with E-state index in [1.165, 1.54) is 0 Å². The van der Waals surface area contributed by atoms with Crippen LogP contribution in [-0.4, -0.2) is 75.9 Å². The van der Waals surface area contributed by atoms with E-state index in [2.05, 4.69) is 0 Å². The van der Waals surface area contributed by atoms with Crippen LogP contribution in [0.4, 0.5) is 0 Å². The van der Waals surface area contributed by atoms with Crippen molar-refractivity contribution in [3.05, 3.63) is 35.9 Å². The van der Waals surface area contributed by atoms with Gasteiger partial charge in [0.1, 0.15) is 40.1 Å². The summed E-state index contributed by atoms with van der Waals surface area (Å²) in [5, 5.41) is 10.3. The topological polar surface area (TPSA) is 74.2 Å². The first-order chi connectivity index (χ1) is 12.5. The first kappa shape index (κ1) is 19.4. The van der Waals surface area contributed by atoms with Crippen LogP contribution in [0.3, 0.4) is 0 Å². The summed E-state index contributed by atoms with van der Waals surface area (Å²) in [4.78, 5) is 12.3. The lowest BCUT2D eigenvalue weighted by molar-refractivity contribution is -0.0845. The van der Waals surface area contributed by atoms with Crippen LogP contribution in [-0.2, 0) is 18.9 Å². The first-order valence-corrected chi connectivity index (χ1v) is 9.36. The van der Waals surface area contributed by atoms with E-state index in [1.54, 1.807) is 24.3 Å². The second kappa shape index (κ2) is 8.57. The Kier molecular flexibility index (Phi) is 6.40. The van der Waals surface area contributed by atoms with Crippen molar-refractivity contribution in [3.63, 3.8) is 0 Å². The number of aliphatic hydroxyl groups is 1. The normalized spacial score (nSPS) is 36.9. The predicted molar refractivity (Wildman–Crippen MR) is 101 cm³/mol. The van der Waals surface area contributed by atoms with E-state index < -0.39 is 12.2 Å². The van der Waals surface area contributed by atoms with Gasteiger partial charge in [-0.2, -0.15) is 0 Å². The lowest BCUT2D eigenvalue weighted by Gasteiger charge is -2.24. The maximum Gasteiger partial charge on any atom is 0.338 e. The van der Waals surface area contributed by atoms with E-state index in [0.717, 1.165) is 6.42 Å². The highest BCUT2D eigenvalue weighted by Crippen LogP contribution is 2.27. The molecule has 0 aliphatic carbocycles. The van der Waals surface area contributed by atoms with Crippen LogP contribution in [0, 0.1) is 0 Å². The fourth-order valence-corrected chi connectivity index (χ4v) is 3.67. The molecule has 0 radical (unpaired) electrons. The smallest absolute Gasteiger partial charge is 0.338 e. The molecule has 0 amide bonds. The van der Waals surface area contributed by atoms with Crippen LogP contribution in [0.2, 0.25) is 0 Å². The van der Waals surface area contributed by atoms with Gasteiger partial charge < -0.3 is 24.1 Å². The molecule has 6 nitrogen and oxygen atoms in total. The fourth-order valence-electron chi connectivity index (χ4n) is 3.67. The van der Waals surface area contributed by atoms with Crippen LogP contribution < -0.4 is 0 Å². The van der Waals surface area contributed by atoms with Crippen molar-refractivity contribution in [3.8, 4) is 0 Å². The second-order valence-electron chi connectivity index (χ2n) is 7.11. The summed E-state index contributed by atoms with van der Waals surface area (Å²) in [5.41, 5.74) is 0.519. The molecule has 0 aromatic heterocycles. The minimum atomic E-state index is -0.654. The molecule has 0 spiro atoms. The third-order valence-electron chi connectivity index (χ3n) is 5.08. The monoisotopic (exact) mass is 360 g/mol. The Bertz CT molecular complexity index is 601. The summed E-state index contributed by atoms with van der Waals surface area (Å²) in [5.74, 6) is -0.359. The lowest BCUT2D eigenvalue weighted by Crippen LogP contribution is -2.39. The zero-order chi connectivity index (χ0) is 18.7. The molecule has 8 heteroatoms. The Morgan fingerprint density at radius 2 is 1.96 bits per heavy atom. The Morgan fingerprint density at radius 1 is 1.23 bits per heavy atom. The van der Waals surface area contributed by atoms with Crippen LogP contribution in [0.15, 0.2) is 30.3 Å². The number of hydrogen-bond acceptors (Lipinski definition) is 6. The van der Waals surface area contributed by atoms with Crippen molar-refractivity contribution >= 4 is 21.7 Å². The fraction of sp³-hybridized carbons (Fsp3) is 0.611. The molecule has 140 valence electrons. The van der Waals surface area contributed by atoms with E-state index >= 15 is 0 Å². The molecule has 2 heterocycles. The molecule has 0 bridgehead atoms. The number of ether oxygens (including phenoxy) is 4. The van der Waals surface area contributed by atoms with Gasteiger partial charge in [-0.1, -0.05) is 25.1 Å². The summed E-state index contributed by atoms with van der Waals surface area (Å²) in [6, 6.07) is 8.73. The number of benzene rings is 1. The minimum Gasteiger partial charge on any atom is -0.456 e. The van der Waals surface area contributed by atoms with E-state index in [0.29, 0.717) is 12.0 Å². The van der Waals surface area contributed by atoms with Crippen LogP contribution in [0.25, 0.3) is 0 Å². The number of aliphatic hydroxyl groups excluding tert-OH is 1. The molecule has 2 aliphatic heterocycles. The number of esters is 1. The predicted octanol–water partition coefficient (Wildman–Crippen LogP) is -0.526. The zero-order valence-electron chi connectivity index (χ0n) is 15.5. The molecule has 1 N–H and O–H groups in total. The van der Waals surface area contributed by atoms with Crippen molar-refractivity contribution < 1.29 is 28.8 Å². The third-order valence-corrected chi connectivity index (χ3v) is 5.08. The minimum absolute atomic E-state index is 0.0114. The van der Waals surface area contributed by atoms with Crippen molar-refractivity contribution in [2.75, 3.05) is 6.61 Å². The van der Waals surface area contributed by atoms with Gasteiger partial charge in [0.15, 0.2) is 0 Å². The van der Waals surface area contributed by atoms with Gasteiger partial charge >= 0.3 is 5.97 Å². The summed E-state index contributed by atoms with van der Waals surface area (Å²) < 4.78 is 23.2. The van der Waals surface area contributed by atoms with Gasteiger partial charge in [0.25, 0.3) is 0 Å². The number of carbonyl (C=O) groups is 1. The summed E-state index contributed by atoms with van der Waals surface area (Å²) >= 11 is 0. The quantitative estimate of drug-likeness (QED) is 0.544. The Hall–Kier alpha value is -1.34. The maximum atomic E-state index is 12.3. The molecule has 1 aromatic carbocycles. The maximum absolute atomic E-state index is 12.3. The van der Waals surface area contributed by atoms with E-state index in [4.69, 9.17) is 18.9 Å². The van der Waals surface area contributed by atoms with Crippen molar-refractivity contribution in [2.45, 2.75) is 62.3 Å². The van der Waals surface area contributed by atoms with E-state index in [1.807, 2.05) is 28.7 Å². The average molecular weight is 360 g/mol. The second-order valence-corrected chi connectivity index (χ2v) is 7.11. The zero-order valence-corrected chi connectivity index (χ0v) is 15.5. The average Bonchev–Trinajstić information content (AvgIpc) is 3.12. The molecule has 3 rings (SSSR count). The van der Waals surface area contributed by atoms with Crippen molar-refractivity contribution in [1.82, 2.24) is 0 Å². The van der Waals surface area contributed by atoms with Crippen LogP contribution in [0.5, 0.6) is 0 Å². The number of hydrogen-bond donors (Lipinski definition) is 1. The molecule has 2 unspecified atom stereocenters.